The molecule has 3 heterocycles. The van der Waals surface area contributed by atoms with E-state index in [4.69, 9.17) is 9.84 Å². The van der Waals surface area contributed by atoms with Crippen LogP contribution < -0.4 is 10.3 Å². The second-order valence-electron chi connectivity index (χ2n) is 7.60. The Morgan fingerprint density at radius 2 is 1.94 bits per heavy atom. The number of fused-ring (bicyclic) bond motifs is 1. The third-order valence-corrected chi connectivity index (χ3v) is 5.56. The maximum atomic E-state index is 12.9. The van der Waals surface area contributed by atoms with E-state index in [1.54, 1.807) is 35.1 Å². The van der Waals surface area contributed by atoms with Gasteiger partial charge in [0.05, 0.1) is 29.6 Å². The minimum Gasteiger partial charge on any atom is -0.478 e. The third-order valence-electron chi connectivity index (χ3n) is 5.56. The highest BCUT2D eigenvalue weighted by Gasteiger charge is 2.16. The number of ether oxygens (including phenoxy) is 1. The molecule has 1 aliphatic heterocycles. The Kier molecular flexibility index (Phi) is 5.16. The summed E-state index contributed by atoms with van der Waals surface area (Å²) < 4.78 is 7.11. The summed E-state index contributed by atoms with van der Waals surface area (Å²) in [6, 6.07) is 13.5. The van der Waals surface area contributed by atoms with Gasteiger partial charge in [0, 0.05) is 36.7 Å². The van der Waals surface area contributed by atoms with E-state index in [0.29, 0.717) is 35.4 Å². The summed E-state index contributed by atoms with van der Waals surface area (Å²) in [4.78, 5) is 29.5. The van der Waals surface area contributed by atoms with Crippen LogP contribution in [0.4, 0.5) is 5.82 Å². The zero-order valence-corrected chi connectivity index (χ0v) is 17.2. The molecule has 2 aromatic heterocycles. The van der Waals surface area contributed by atoms with E-state index in [9.17, 15) is 9.59 Å². The van der Waals surface area contributed by atoms with Gasteiger partial charge in [0.25, 0.3) is 0 Å². The Morgan fingerprint density at radius 1 is 1.09 bits per heavy atom. The van der Waals surface area contributed by atoms with Crippen LogP contribution in [0.2, 0.25) is 0 Å². The number of rotatable bonds is 4. The maximum absolute atomic E-state index is 12.9. The van der Waals surface area contributed by atoms with Crippen molar-refractivity contribution < 1.29 is 14.6 Å². The van der Waals surface area contributed by atoms with Crippen molar-refractivity contribution in [2.24, 2.45) is 0 Å². The van der Waals surface area contributed by atoms with Crippen molar-refractivity contribution in [2.75, 3.05) is 31.2 Å². The molecule has 32 heavy (non-hydrogen) atoms. The molecular weight excluding hydrogens is 410 g/mol. The number of hydrogen-bond acceptors (Lipinski definition) is 6. The average molecular weight is 431 g/mol. The number of para-hydroxylation sites is 1. The fraction of sp³-hybridized carbons (Fsp3) is 0.217. The van der Waals surface area contributed by atoms with Crippen LogP contribution in [-0.4, -0.2) is 57.4 Å². The Balaban J connectivity index is 1.55. The highest BCUT2D eigenvalue weighted by Crippen LogP contribution is 2.27. The van der Waals surface area contributed by atoms with E-state index in [-0.39, 0.29) is 11.0 Å². The van der Waals surface area contributed by atoms with Gasteiger partial charge in [-0.25, -0.2) is 9.48 Å². The molecule has 5 rings (SSSR count). The van der Waals surface area contributed by atoms with Gasteiger partial charge in [-0.1, -0.05) is 17.3 Å². The molecule has 1 saturated heterocycles. The van der Waals surface area contributed by atoms with Gasteiger partial charge in [0.1, 0.15) is 11.5 Å². The number of H-pyrrole nitrogens is 1. The first-order chi connectivity index (χ1) is 15.6. The lowest BCUT2D eigenvalue weighted by Gasteiger charge is -2.22. The lowest BCUT2D eigenvalue weighted by Crippen LogP contribution is -2.28. The second kappa shape index (κ2) is 8.27. The predicted molar refractivity (Wildman–Crippen MR) is 120 cm³/mol. The molecule has 162 valence electrons. The number of aromatic nitrogens is 4. The van der Waals surface area contributed by atoms with Gasteiger partial charge in [0.15, 0.2) is 5.43 Å². The van der Waals surface area contributed by atoms with Crippen molar-refractivity contribution in [3.63, 3.8) is 0 Å². The molecule has 1 fully saturated rings. The van der Waals surface area contributed by atoms with Gasteiger partial charge < -0.3 is 19.7 Å². The Hall–Kier alpha value is -3.98. The SMILES string of the molecule is O=C(O)c1ccc(-n2cc(-c3cccc4c(=O)cc(N5CCCOCC5)[nH]c34)nn2)cc1. The first-order valence-corrected chi connectivity index (χ1v) is 10.4. The summed E-state index contributed by atoms with van der Waals surface area (Å²) in [5.74, 6) is -0.223. The highest BCUT2D eigenvalue weighted by molar-refractivity contribution is 5.93. The maximum Gasteiger partial charge on any atom is 0.335 e. The summed E-state index contributed by atoms with van der Waals surface area (Å²) in [6.07, 6.45) is 2.66. The molecule has 0 atom stereocenters. The van der Waals surface area contributed by atoms with E-state index in [1.165, 1.54) is 12.1 Å². The zero-order valence-electron chi connectivity index (χ0n) is 17.2. The smallest absolute Gasteiger partial charge is 0.335 e. The van der Waals surface area contributed by atoms with Crippen LogP contribution in [-0.2, 0) is 4.74 Å². The normalized spacial score (nSPS) is 14.4. The van der Waals surface area contributed by atoms with Crippen LogP contribution in [0.1, 0.15) is 16.8 Å². The lowest BCUT2D eigenvalue weighted by molar-refractivity contribution is 0.0697. The Labute approximate surface area is 182 Å². The van der Waals surface area contributed by atoms with Crippen LogP contribution in [0, 0.1) is 0 Å². The van der Waals surface area contributed by atoms with Gasteiger partial charge in [0.2, 0.25) is 0 Å². The topological polar surface area (TPSA) is 113 Å². The molecule has 9 nitrogen and oxygen atoms in total. The van der Waals surface area contributed by atoms with Gasteiger partial charge >= 0.3 is 5.97 Å². The number of carboxylic acid groups (broad SMARTS) is 1. The highest BCUT2D eigenvalue weighted by atomic mass is 16.5. The van der Waals surface area contributed by atoms with E-state index >= 15 is 0 Å². The zero-order chi connectivity index (χ0) is 22.1. The molecule has 0 aliphatic carbocycles. The van der Waals surface area contributed by atoms with Crippen molar-refractivity contribution in [3.05, 3.63) is 70.5 Å². The standard InChI is InChI=1S/C23H21N5O4/c29-20-13-21(27-9-2-11-32-12-10-27)24-22-17(3-1-4-18(20)22)19-14-28(26-25-19)16-7-5-15(6-8-16)23(30)31/h1,3-8,13-14H,2,9-12H2,(H,24,29)(H,30,31). The molecule has 9 heteroatoms. The number of aromatic amines is 1. The lowest BCUT2D eigenvalue weighted by atomic mass is 10.1. The molecule has 2 aromatic carbocycles. The van der Waals surface area contributed by atoms with Crippen LogP contribution in [0.3, 0.4) is 0 Å². The minimum atomic E-state index is -0.984. The molecular formula is C23H21N5O4. The van der Waals surface area contributed by atoms with Crippen molar-refractivity contribution in [1.82, 2.24) is 20.0 Å². The summed E-state index contributed by atoms with van der Waals surface area (Å²) in [7, 11) is 0. The van der Waals surface area contributed by atoms with Crippen LogP contribution >= 0.6 is 0 Å². The van der Waals surface area contributed by atoms with Crippen molar-refractivity contribution in [2.45, 2.75) is 6.42 Å². The average Bonchev–Trinajstić information content (AvgIpc) is 3.13. The molecule has 0 unspecified atom stereocenters. The fourth-order valence-electron chi connectivity index (χ4n) is 3.90. The quantitative estimate of drug-likeness (QED) is 0.511. The number of carbonyl (C=O) groups is 1. The summed E-state index contributed by atoms with van der Waals surface area (Å²) in [5, 5.41) is 18.2. The molecule has 0 spiro atoms. The first kappa shape index (κ1) is 20.0. The number of pyridine rings is 1. The number of anilines is 1. The largest absolute Gasteiger partial charge is 0.478 e. The number of hydrogen-bond donors (Lipinski definition) is 2. The van der Waals surface area contributed by atoms with Gasteiger partial charge in [-0.15, -0.1) is 5.10 Å². The van der Waals surface area contributed by atoms with Gasteiger partial charge in [-0.05, 0) is 36.8 Å². The number of benzene rings is 2. The second-order valence-corrected chi connectivity index (χ2v) is 7.60. The molecule has 0 radical (unpaired) electrons. The fourth-order valence-corrected chi connectivity index (χ4v) is 3.90. The molecule has 1 aliphatic rings. The van der Waals surface area contributed by atoms with Gasteiger partial charge in [-0.3, -0.25) is 4.79 Å². The predicted octanol–water partition coefficient (Wildman–Crippen LogP) is 2.70. The van der Waals surface area contributed by atoms with E-state index in [2.05, 4.69) is 20.2 Å². The van der Waals surface area contributed by atoms with E-state index in [0.717, 1.165) is 31.0 Å². The monoisotopic (exact) mass is 431 g/mol. The van der Waals surface area contributed by atoms with E-state index in [1.807, 2.05) is 12.1 Å². The summed E-state index contributed by atoms with van der Waals surface area (Å²) in [6.45, 7) is 2.87. The summed E-state index contributed by atoms with van der Waals surface area (Å²) >= 11 is 0. The van der Waals surface area contributed by atoms with Crippen molar-refractivity contribution >= 4 is 22.7 Å². The Morgan fingerprint density at radius 3 is 2.75 bits per heavy atom. The van der Waals surface area contributed by atoms with Crippen molar-refractivity contribution in [1.29, 1.82) is 0 Å². The number of aromatic carboxylic acids is 1. The summed E-state index contributed by atoms with van der Waals surface area (Å²) in [5.41, 5.74) is 2.90. The number of nitrogens with zero attached hydrogens (tertiary/aromatic N) is 4. The number of carboxylic acids is 1. The Bertz CT molecular complexity index is 1330. The first-order valence-electron chi connectivity index (χ1n) is 10.4. The van der Waals surface area contributed by atoms with Crippen molar-refractivity contribution in [3.8, 4) is 16.9 Å². The molecule has 0 bridgehead atoms. The van der Waals surface area contributed by atoms with E-state index < -0.39 is 5.97 Å². The van der Waals surface area contributed by atoms with Crippen LogP contribution in [0.5, 0.6) is 0 Å². The van der Waals surface area contributed by atoms with Crippen LogP contribution in [0.25, 0.3) is 27.8 Å². The van der Waals surface area contributed by atoms with Gasteiger partial charge in [-0.2, -0.15) is 0 Å². The van der Waals surface area contributed by atoms with Crippen LogP contribution in [0.15, 0.2) is 59.5 Å². The minimum absolute atomic E-state index is 0.0579. The third kappa shape index (κ3) is 3.74. The molecule has 0 amide bonds. The molecule has 2 N–H and O–H groups in total. The molecule has 0 saturated carbocycles. The molecule has 4 aromatic rings. The number of nitrogens with one attached hydrogen (secondary N) is 1.